The first kappa shape index (κ1) is 18.4. The fourth-order valence-electron chi connectivity index (χ4n) is 1.76. The SMILES string of the molecule is CCCCC(C)(O)CC(=O)NC(CCC(=O)O)C(=O)O. The van der Waals surface area contributed by atoms with Crippen LogP contribution in [0.5, 0.6) is 0 Å². The van der Waals surface area contributed by atoms with Crippen LogP contribution in [-0.2, 0) is 14.4 Å². The van der Waals surface area contributed by atoms with E-state index in [0.29, 0.717) is 6.42 Å². The number of carbonyl (C=O) groups is 3. The molecule has 0 fully saturated rings. The summed E-state index contributed by atoms with van der Waals surface area (Å²) >= 11 is 0. The molecule has 0 aromatic rings. The van der Waals surface area contributed by atoms with Crippen LogP contribution in [0, 0.1) is 0 Å². The number of hydrogen-bond acceptors (Lipinski definition) is 4. The molecule has 0 aromatic heterocycles. The van der Waals surface area contributed by atoms with E-state index in [0.717, 1.165) is 12.8 Å². The lowest BCUT2D eigenvalue weighted by atomic mass is 9.95. The van der Waals surface area contributed by atoms with Crippen molar-refractivity contribution in [3.05, 3.63) is 0 Å². The Kier molecular flexibility index (Phi) is 7.83. The summed E-state index contributed by atoms with van der Waals surface area (Å²) in [5.41, 5.74) is -1.18. The highest BCUT2D eigenvalue weighted by Crippen LogP contribution is 2.17. The molecule has 2 unspecified atom stereocenters. The molecule has 0 heterocycles. The van der Waals surface area contributed by atoms with Gasteiger partial charge in [-0.1, -0.05) is 19.8 Å². The number of carbonyl (C=O) groups excluding carboxylic acids is 1. The molecule has 0 bridgehead atoms. The predicted octanol–water partition coefficient (Wildman–Crippen LogP) is 0.752. The average molecular weight is 289 g/mol. The first-order valence-electron chi connectivity index (χ1n) is 6.64. The van der Waals surface area contributed by atoms with Gasteiger partial charge in [0.2, 0.25) is 5.91 Å². The van der Waals surface area contributed by atoms with E-state index < -0.39 is 29.5 Å². The molecule has 0 saturated carbocycles. The molecular formula is C13H23NO6. The molecule has 4 N–H and O–H groups in total. The largest absolute Gasteiger partial charge is 0.481 e. The van der Waals surface area contributed by atoms with Gasteiger partial charge in [0, 0.05) is 6.42 Å². The number of carboxylic acids is 2. The maximum absolute atomic E-state index is 11.7. The minimum atomic E-state index is -1.28. The summed E-state index contributed by atoms with van der Waals surface area (Å²) in [4.78, 5) is 33.0. The van der Waals surface area contributed by atoms with E-state index >= 15 is 0 Å². The van der Waals surface area contributed by atoms with Crippen LogP contribution in [0.25, 0.3) is 0 Å². The molecule has 2 atom stereocenters. The van der Waals surface area contributed by atoms with E-state index in [1.54, 1.807) is 0 Å². The normalized spacial score (nSPS) is 15.2. The molecule has 0 aliphatic rings. The molecule has 7 heteroatoms. The zero-order valence-electron chi connectivity index (χ0n) is 11.9. The molecule has 20 heavy (non-hydrogen) atoms. The molecule has 0 aliphatic carbocycles. The van der Waals surface area contributed by atoms with Gasteiger partial charge in [-0.05, 0) is 19.8 Å². The number of rotatable bonds is 10. The van der Waals surface area contributed by atoms with Gasteiger partial charge in [0.25, 0.3) is 0 Å². The van der Waals surface area contributed by atoms with E-state index in [9.17, 15) is 19.5 Å². The van der Waals surface area contributed by atoms with Gasteiger partial charge < -0.3 is 20.6 Å². The second-order valence-corrected chi connectivity index (χ2v) is 5.17. The number of hydrogen-bond donors (Lipinski definition) is 4. The van der Waals surface area contributed by atoms with Crippen LogP contribution in [0.1, 0.15) is 52.4 Å². The highest BCUT2D eigenvalue weighted by molar-refractivity contribution is 5.84. The molecule has 1 amide bonds. The van der Waals surface area contributed by atoms with Gasteiger partial charge in [0.1, 0.15) is 6.04 Å². The fourth-order valence-corrected chi connectivity index (χ4v) is 1.76. The van der Waals surface area contributed by atoms with Crippen molar-refractivity contribution in [2.24, 2.45) is 0 Å². The van der Waals surface area contributed by atoms with Crippen LogP contribution in [0.3, 0.4) is 0 Å². The summed E-state index contributed by atoms with van der Waals surface area (Å²) in [5.74, 6) is -3.00. The molecule has 0 spiro atoms. The lowest BCUT2D eigenvalue weighted by Crippen LogP contribution is -2.44. The predicted molar refractivity (Wildman–Crippen MR) is 71.2 cm³/mol. The average Bonchev–Trinajstić information content (AvgIpc) is 2.30. The highest BCUT2D eigenvalue weighted by atomic mass is 16.4. The van der Waals surface area contributed by atoms with Crippen molar-refractivity contribution in [3.8, 4) is 0 Å². The zero-order valence-corrected chi connectivity index (χ0v) is 11.9. The summed E-state index contributed by atoms with van der Waals surface area (Å²) in [6.45, 7) is 3.48. The summed E-state index contributed by atoms with van der Waals surface area (Å²) in [6, 6.07) is -1.25. The number of aliphatic carboxylic acids is 2. The van der Waals surface area contributed by atoms with Gasteiger partial charge in [0.05, 0.1) is 12.0 Å². The topological polar surface area (TPSA) is 124 Å². The second kappa shape index (κ2) is 8.52. The van der Waals surface area contributed by atoms with E-state index in [1.165, 1.54) is 6.92 Å². The van der Waals surface area contributed by atoms with Gasteiger partial charge in [-0.3, -0.25) is 9.59 Å². The third-order valence-corrected chi connectivity index (χ3v) is 2.89. The van der Waals surface area contributed by atoms with Crippen molar-refractivity contribution in [2.45, 2.75) is 64.0 Å². The van der Waals surface area contributed by atoms with Crippen LogP contribution in [0.15, 0.2) is 0 Å². The van der Waals surface area contributed by atoms with Gasteiger partial charge in [0.15, 0.2) is 0 Å². The van der Waals surface area contributed by atoms with Gasteiger partial charge in [-0.15, -0.1) is 0 Å². The molecule has 116 valence electrons. The van der Waals surface area contributed by atoms with Gasteiger partial charge in [-0.25, -0.2) is 4.79 Å². The monoisotopic (exact) mass is 289 g/mol. The van der Waals surface area contributed by atoms with Gasteiger partial charge in [-0.2, -0.15) is 0 Å². The molecule has 0 saturated heterocycles. The first-order valence-corrected chi connectivity index (χ1v) is 6.64. The summed E-state index contributed by atoms with van der Waals surface area (Å²) in [5, 5.41) is 29.6. The quantitative estimate of drug-likeness (QED) is 0.470. The minimum Gasteiger partial charge on any atom is -0.481 e. The molecule has 0 aliphatic heterocycles. The fraction of sp³-hybridized carbons (Fsp3) is 0.769. The molecule has 0 rings (SSSR count). The van der Waals surface area contributed by atoms with Crippen LogP contribution >= 0.6 is 0 Å². The van der Waals surface area contributed by atoms with E-state index in [-0.39, 0.29) is 19.3 Å². The van der Waals surface area contributed by atoms with Crippen LogP contribution in [0.2, 0.25) is 0 Å². The molecular weight excluding hydrogens is 266 g/mol. The second-order valence-electron chi connectivity index (χ2n) is 5.17. The molecule has 0 radical (unpaired) electrons. The van der Waals surface area contributed by atoms with Crippen molar-refractivity contribution in [2.75, 3.05) is 0 Å². The maximum atomic E-state index is 11.7. The van der Waals surface area contributed by atoms with Crippen molar-refractivity contribution in [1.29, 1.82) is 0 Å². The Hall–Kier alpha value is -1.63. The number of amides is 1. The van der Waals surface area contributed by atoms with E-state index in [2.05, 4.69) is 5.32 Å². The summed E-state index contributed by atoms with van der Waals surface area (Å²) in [6.07, 6.45) is 1.36. The maximum Gasteiger partial charge on any atom is 0.326 e. The third kappa shape index (κ3) is 8.47. The highest BCUT2D eigenvalue weighted by Gasteiger charge is 2.27. The lowest BCUT2D eigenvalue weighted by Gasteiger charge is -2.23. The number of carboxylic acid groups (broad SMARTS) is 2. The minimum absolute atomic E-state index is 0.187. The van der Waals surface area contributed by atoms with Crippen molar-refractivity contribution in [3.63, 3.8) is 0 Å². The van der Waals surface area contributed by atoms with Crippen molar-refractivity contribution >= 4 is 17.8 Å². The van der Waals surface area contributed by atoms with Crippen molar-refractivity contribution in [1.82, 2.24) is 5.32 Å². The number of nitrogens with one attached hydrogen (secondary N) is 1. The lowest BCUT2D eigenvalue weighted by molar-refractivity contribution is -0.143. The Bertz CT molecular complexity index is 353. The standard InChI is InChI=1S/C13H23NO6/c1-3-4-7-13(2,20)8-10(15)14-9(12(18)19)5-6-11(16)17/h9,20H,3-8H2,1-2H3,(H,14,15)(H,16,17)(H,18,19). The Morgan fingerprint density at radius 1 is 1.25 bits per heavy atom. The Morgan fingerprint density at radius 3 is 2.30 bits per heavy atom. The van der Waals surface area contributed by atoms with Gasteiger partial charge >= 0.3 is 11.9 Å². The van der Waals surface area contributed by atoms with Crippen molar-refractivity contribution < 1.29 is 29.7 Å². The Morgan fingerprint density at radius 2 is 1.85 bits per heavy atom. The number of aliphatic hydroxyl groups is 1. The summed E-state index contributed by atoms with van der Waals surface area (Å²) < 4.78 is 0. The van der Waals surface area contributed by atoms with Crippen LogP contribution in [-0.4, -0.2) is 44.8 Å². The summed E-state index contributed by atoms with van der Waals surface area (Å²) in [7, 11) is 0. The third-order valence-electron chi connectivity index (χ3n) is 2.89. The van der Waals surface area contributed by atoms with E-state index in [4.69, 9.17) is 10.2 Å². The zero-order chi connectivity index (χ0) is 15.8. The van der Waals surface area contributed by atoms with E-state index in [1.807, 2.05) is 6.92 Å². The Labute approximate surface area is 118 Å². The van der Waals surface area contributed by atoms with Crippen LogP contribution < -0.4 is 5.32 Å². The Balaban J connectivity index is 4.38. The molecule has 0 aromatic carbocycles. The smallest absolute Gasteiger partial charge is 0.326 e. The first-order chi connectivity index (χ1) is 9.18. The molecule has 7 nitrogen and oxygen atoms in total. The number of unbranched alkanes of at least 4 members (excludes halogenated alkanes) is 1. The van der Waals surface area contributed by atoms with Crippen LogP contribution in [0.4, 0.5) is 0 Å².